The fraction of sp³-hybridized carbons (Fsp3) is 0.154. The maximum absolute atomic E-state index is 13.1. The zero-order chi connectivity index (χ0) is 13.1. The molecule has 0 saturated carbocycles. The number of aromatic nitrogens is 1. The van der Waals surface area contributed by atoms with Crippen molar-refractivity contribution in [3.63, 3.8) is 0 Å². The molecule has 0 aliphatic rings. The third kappa shape index (κ3) is 3.05. The van der Waals surface area contributed by atoms with Crippen molar-refractivity contribution in [2.75, 3.05) is 0 Å². The molecule has 0 radical (unpaired) electrons. The molecule has 0 spiro atoms. The summed E-state index contributed by atoms with van der Waals surface area (Å²) in [6.07, 6.45) is 1.65. The van der Waals surface area contributed by atoms with Gasteiger partial charge in [-0.1, -0.05) is 11.8 Å². The van der Waals surface area contributed by atoms with Crippen molar-refractivity contribution in [1.82, 2.24) is 4.98 Å². The summed E-state index contributed by atoms with van der Waals surface area (Å²) in [5.41, 5.74) is 6.73. The van der Waals surface area contributed by atoms with E-state index in [4.69, 9.17) is 5.73 Å². The van der Waals surface area contributed by atoms with Gasteiger partial charge < -0.3 is 5.73 Å². The van der Waals surface area contributed by atoms with Crippen LogP contribution in [0.25, 0.3) is 0 Å². The topological polar surface area (TPSA) is 38.9 Å². The average Bonchev–Trinajstić information content (AvgIpc) is 2.34. The fourth-order valence-electron chi connectivity index (χ4n) is 1.42. The maximum atomic E-state index is 13.1. The Morgan fingerprint density at radius 1 is 1.17 bits per heavy atom. The lowest BCUT2D eigenvalue weighted by atomic mass is 10.1. The molecule has 0 aliphatic heterocycles. The predicted octanol–water partition coefficient (Wildman–Crippen LogP) is 3.53. The van der Waals surface area contributed by atoms with Gasteiger partial charge in [0.25, 0.3) is 0 Å². The Morgan fingerprint density at radius 2 is 1.94 bits per heavy atom. The molecule has 18 heavy (non-hydrogen) atoms. The number of halogens is 2. The van der Waals surface area contributed by atoms with Crippen LogP contribution < -0.4 is 5.73 Å². The minimum atomic E-state index is -0.858. The van der Waals surface area contributed by atoms with E-state index in [0.29, 0.717) is 9.92 Å². The summed E-state index contributed by atoms with van der Waals surface area (Å²) in [5.74, 6) is -1.71. The van der Waals surface area contributed by atoms with Gasteiger partial charge in [-0.05, 0) is 42.8 Å². The quantitative estimate of drug-likeness (QED) is 0.923. The van der Waals surface area contributed by atoms with Crippen LogP contribution >= 0.6 is 11.8 Å². The van der Waals surface area contributed by atoms with Crippen molar-refractivity contribution >= 4 is 11.8 Å². The van der Waals surface area contributed by atoms with E-state index < -0.39 is 11.6 Å². The molecule has 1 aromatic carbocycles. The molecule has 5 heteroatoms. The largest absolute Gasteiger partial charge is 0.324 e. The Morgan fingerprint density at radius 3 is 2.61 bits per heavy atom. The summed E-state index contributed by atoms with van der Waals surface area (Å²) in [6.45, 7) is 1.88. The third-order valence-electron chi connectivity index (χ3n) is 2.40. The lowest BCUT2D eigenvalue weighted by Gasteiger charge is -2.07. The Balaban J connectivity index is 2.23. The van der Waals surface area contributed by atoms with E-state index in [-0.39, 0.29) is 6.04 Å². The highest BCUT2D eigenvalue weighted by Crippen LogP contribution is 2.28. The Hall–Kier alpha value is -1.46. The monoisotopic (exact) mass is 266 g/mol. The first-order chi connectivity index (χ1) is 8.56. The Bertz CT molecular complexity index is 558. The molecule has 2 aromatic rings. The third-order valence-corrected chi connectivity index (χ3v) is 3.32. The first-order valence-corrected chi connectivity index (χ1v) is 6.22. The summed E-state index contributed by atoms with van der Waals surface area (Å²) in [4.78, 5) is 4.76. The number of hydrogen-bond acceptors (Lipinski definition) is 3. The fourth-order valence-corrected chi connectivity index (χ4v) is 2.27. The molecule has 1 aromatic heterocycles. The van der Waals surface area contributed by atoms with Gasteiger partial charge in [-0.25, -0.2) is 13.8 Å². The van der Waals surface area contributed by atoms with Crippen LogP contribution in [0.1, 0.15) is 18.5 Å². The number of rotatable bonds is 3. The SMILES string of the molecule is C[C@H](N)c1ccnc(Sc2ccc(F)c(F)c2)c1. The van der Waals surface area contributed by atoms with Gasteiger partial charge in [-0.3, -0.25) is 0 Å². The summed E-state index contributed by atoms with van der Waals surface area (Å²) in [6, 6.07) is 7.37. The first-order valence-electron chi connectivity index (χ1n) is 5.40. The van der Waals surface area contributed by atoms with Gasteiger partial charge in [0.15, 0.2) is 11.6 Å². The predicted molar refractivity (Wildman–Crippen MR) is 67.3 cm³/mol. The molecule has 94 valence electrons. The van der Waals surface area contributed by atoms with Crippen molar-refractivity contribution < 1.29 is 8.78 Å². The van der Waals surface area contributed by atoms with Crippen LogP contribution in [0, 0.1) is 11.6 Å². The second-order valence-corrected chi connectivity index (χ2v) is 4.99. The van der Waals surface area contributed by atoms with Crippen LogP contribution in [0.2, 0.25) is 0 Å². The second kappa shape index (κ2) is 5.46. The van der Waals surface area contributed by atoms with E-state index >= 15 is 0 Å². The number of nitrogens with two attached hydrogens (primary N) is 1. The van der Waals surface area contributed by atoms with E-state index in [2.05, 4.69) is 4.98 Å². The minimum Gasteiger partial charge on any atom is -0.324 e. The van der Waals surface area contributed by atoms with Crippen molar-refractivity contribution in [1.29, 1.82) is 0 Å². The molecule has 0 unspecified atom stereocenters. The van der Waals surface area contributed by atoms with E-state index in [1.54, 1.807) is 6.20 Å². The molecule has 0 aliphatic carbocycles. The van der Waals surface area contributed by atoms with E-state index in [1.165, 1.54) is 17.8 Å². The Labute approximate surface area is 108 Å². The van der Waals surface area contributed by atoms with Crippen LogP contribution in [0.3, 0.4) is 0 Å². The van der Waals surface area contributed by atoms with Crippen molar-refractivity contribution in [3.05, 3.63) is 53.7 Å². The van der Waals surface area contributed by atoms with Crippen molar-refractivity contribution in [3.8, 4) is 0 Å². The number of pyridine rings is 1. The number of benzene rings is 1. The van der Waals surface area contributed by atoms with Crippen LogP contribution in [-0.4, -0.2) is 4.98 Å². The highest BCUT2D eigenvalue weighted by atomic mass is 32.2. The number of nitrogens with zero attached hydrogens (tertiary/aromatic N) is 1. The van der Waals surface area contributed by atoms with Crippen LogP contribution in [0.4, 0.5) is 8.78 Å². The summed E-state index contributed by atoms with van der Waals surface area (Å²) < 4.78 is 25.9. The minimum absolute atomic E-state index is 0.0858. The van der Waals surface area contributed by atoms with Gasteiger partial charge in [-0.15, -0.1) is 0 Å². The molecule has 0 bridgehead atoms. The molecular weight excluding hydrogens is 254 g/mol. The molecular formula is C13H12F2N2S. The van der Waals surface area contributed by atoms with Gasteiger partial charge in [-0.2, -0.15) is 0 Å². The molecule has 2 rings (SSSR count). The van der Waals surface area contributed by atoms with E-state index in [0.717, 1.165) is 17.7 Å². The van der Waals surface area contributed by atoms with Crippen LogP contribution in [-0.2, 0) is 0 Å². The summed E-state index contributed by atoms with van der Waals surface area (Å²) in [7, 11) is 0. The molecule has 1 atom stereocenters. The number of hydrogen-bond donors (Lipinski definition) is 1. The summed E-state index contributed by atoms with van der Waals surface area (Å²) in [5, 5.41) is 0.704. The molecule has 0 fully saturated rings. The van der Waals surface area contributed by atoms with E-state index in [1.807, 2.05) is 19.1 Å². The van der Waals surface area contributed by atoms with Gasteiger partial charge in [0.1, 0.15) is 5.03 Å². The maximum Gasteiger partial charge on any atom is 0.159 e. The standard InChI is InChI=1S/C13H12F2N2S/c1-8(16)9-4-5-17-13(6-9)18-10-2-3-11(14)12(15)7-10/h2-8H,16H2,1H3/t8-/m0/s1. The zero-order valence-corrected chi connectivity index (χ0v) is 10.5. The lowest BCUT2D eigenvalue weighted by Crippen LogP contribution is -2.04. The van der Waals surface area contributed by atoms with Crippen LogP contribution in [0.5, 0.6) is 0 Å². The zero-order valence-electron chi connectivity index (χ0n) is 9.73. The Kier molecular flexibility index (Phi) is 3.93. The van der Waals surface area contributed by atoms with Gasteiger partial charge in [0, 0.05) is 17.1 Å². The molecule has 0 amide bonds. The normalized spacial score (nSPS) is 12.4. The van der Waals surface area contributed by atoms with Gasteiger partial charge in [0.05, 0.1) is 0 Å². The van der Waals surface area contributed by atoms with Crippen LogP contribution in [0.15, 0.2) is 46.5 Å². The first kappa shape index (κ1) is 13.0. The van der Waals surface area contributed by atoms with Crippen molar-refractivity contribution in [2.24, 2.45) is 5.73 Å². The van der Waals surface area contributed by atoms with Crippen molar-refractivity contribution in [2.45, 2.75) is 22.9 Å². The highest BCUT2D eigenvalue weighted by molar-refractivity contribution is 7.99. The van der Waals surface area contributed by atoms with Gasteiger partial charge >= 0.3 is 0 Å². The molecule has 1 heterocycles. The smallest absolute Gasteiger partial charge is 0.159 e. The molecule has 0 saturated heterocycles. The average molecular weight is 266 g/mol. The van der Waals surface area contributed by atoms with Gasteiger partial charge in [0.2, 0.25) is 0 Å². The highest BCUT2D eigenvalue weighted by Gasteiger charge is 2.06. The lowest BCUT2D eigenvalue weighted by molar-refractivity contribution is 0.506. The molecule has 2 nitrogen and oxygen atoms in total. The second-order valence-electron chi connectivity index (χ2n) is 3.89. The van der Waals surface area contributed by atoms with E-state index in [9.17, 15) is 8.78 Å². The molecule has 2 N–H and O–H groups in total. The summed E-state index contributed by atoms with van der Waals surface area (Å²) >= 11 is 1.27.